The van der Waals surface area contributed by atoms with Gasteiger partial charge in [-0.1, -0.05) is 12.8 Å². The first-order valence-electron chi connectivity index (χ1n) is 12.3. The summed E-state index contributed by atoms with van der Waals surface area (Å²) in [6.45, 7) is 2.42. The molecule has 9 heteroatoms. The normalized spacial score (nSPS) is 13.9. The Kier molecular flexibility index (Phi) is 6.21. The highest BCUT2D eigenvalue weighted by molar-refractivity contribution is 7.11. The zero-order valence-corrected chi connectivity index (χ0v) is 21.2. The second-order valence-electron chi connectivity index (χ2n) is 9.24. The predicted molar refractivity (Wildman–Crippen MR) is 143 cm³/mol. The summed E-state index contributed by atoms with van der Waals surface area (Å²) in [6.07, 6.45) is 6.03. The summed E-state index contributed by atoms with van der Waals surface area (Å²) in [5, 5.41) is 5.67. The van der Waals surface area contributed by atoms with Gasteiger partial charge in [0.2, 0.25) is 0 Å². The van der Waals surface area contributed by atoms with Crippen LogP contribution in [0, 0.1) is 12.7 Å². The molecular formula is C28H26FN5O2S. The molecule has 3 aromatic heterocycles. The quantitative estimate of drug-likeness (QED) is 0.249. The molecule has 0 atom stereocenters. The fourth-order valence-corrected chi connectivity index (χ4v) is 5.62. The summed E-state index contributed by atoms with van der Waals surface area (Å²) in [4.78, 5) is 11.0. The fourth-order valence-electron chi connectivity index (χ4n) is 4.81. The van der Waals surface area contributed by atoms with Gasteiger partial charge in [0.1, 0.15) is 47.5 Å². The largest absolute Gasteiger partial charge is 0.488 e. The average molecular weight is 516 g/mol. The number of halogens is 1. The van der Waals surface area contributed by atoms with Gasteiger partial charge in [-0.25, -0.2) is 19.0 Å². The minimum absolute atomic E-state index is 0.321. The lowest BCUT2D eigenvalue weighted by atomic mass is 10.1. The number of aryl methyl sites for hydroxylation is 1. The van der Waals surface area contributed by atoms with Crippen molar-refractivity contribution >= 4 is 28.2 Å². The summed E-state index contributed by atoms with van der Waals surface area (Å²) in [6, 6.07) is 16.2. The van der Waals surface area contributed by atoms with Crippen molar-refractivity contribution in [2.45, 2.75) is 45.3 Å². The molecule has 0 aliphatic heterocycles. The third-order valence-electron chi connectivity index (χ3n) is 6.57. The summed E-state index contributed by atoms with van der Waals surface area (Å²) in [5.41, 5.74) is 8.64. The molecule has 0 spiro atoms. The third kappa shape index (κ3) is 4.86. The Bertz CT molecular complexity index is 1560. The van der Waals surface area contributed by atoms with Crippen LogP contribution >= 0.6 is 11.3 Å². The second-order valence-corrected chi connectivity index (χ2v) is 10.6. The van der Waals surface area contributed by atoms with Crippen LogP contribution in [0.5, 0.6) is 17.2 Å². The van der Waals surface area contributed by atoms with Crippen LogP contribution in [0.2, 0.25) is 0 Å². The molecule has 0 radical (unpaired) electrons. The van der Waals surface area contributed by atoms with Crippen LogP contribution < -0.4 is 15.2 Å². The van der Waals surface area contributed by atoms with E-state index in [0.717, 1.165) is 40.0 Å². The van der Waals surface area contributed by atoms with Crippen LogP contribution in [0.1, 0.15) is 41.5 Å². The van der Waals surface area contributed by atoms with Crippen LogP contribution in [0.3, 0.4) is 0 Å². The topological polar surface area (TPSA) is 88.1 Å². The van der Waals surface area contributed by atoms with Gasteiger partial charge >= 0.3 is 0 Å². The number of nitrogen functional groups attached to an aromatic ring is 1. The maximum absolute atomic E-state index is 14.3. The van der Waals surface area contributed by atoms with E-state index in [1.807, 2.05) is 48.0 Å². The van der Waals surface area contributed by atoms with Crippen LogP contribution in [0.4, 0.5) is 10.2 Å². The molecule has 3 heterocycles. The summed E-state index contributed by atoms with van der Waals surface area (Å²) in [5.74, 6) is 1.33. The molecule has 7 nitrogen and oxygen atoms in total. The minimum Gasteiger partial charge on any atom is -0.488 e. The van der Waals surface area contributed by atoms with E-state index < -0.39 is 5.82 Å². The Balaban J connectivity index is 1.23. The molecule has 5 aromatic rings. The van der Waals surface area contributed by atoms with Gasteiger partial charge < -0.3 is 15.2 Å². The van der Waals surface area contributed by atoms with Crippen molar-refractivity contribution in [3.8, 4) is 28.5 Å². The van der Waals surface area contributed by atoms with E-state index in [2.05, 4.69) is 9.97 Å². The van der Waals surface area contributed by atoms with E-state index in [1.165, 1.54) is 36.2 Å². The van der Waals surface area contributed by atoms with Crippen LogP contribution in [-0.2, 0) is 6.61 Å². The standard InChI is InChI=1S/C28H26FN5O2S/c1-17-6-11-24(37-17)15-35-22-12-19(29)13-23(14-22)36-21-9-7-18(8-10-21)26-25-27(30)31-16-32-28(25)34(33-26)20-4-2-3-5-20/h6-14,16,20H,2-5,15H2,1H3,(H2,30,31,32). The molecule has 188 valence electrons. The van der Waals surface area contributed by atoms with Crippen LogP contribution in [-0.4, -0.2) is 19.7 Å². The molecule has 2 aromatic carbocycles. The highest BCUT2D eigenvalue weighted by atomic mass is 32.1. The number of nitrogens with zero attached hydrogens (tertiary/aromatic N) is 4. The van der Waals surface area contributed by atoms with Crippen molar-refractivity contribution in [3.63, 3.8) is 0 Å². The summed E-state index contributed by atoms with van der Waals surface area (Å²) in [7, 11) is 0. The first-order chi connectivity index (χ1) is 18.0. The minimum atomic E-state index is -0.425. The number of anilines is 1. The maximum atomic E-state index is 14.3. The van der Waals surface area contributed by atoms with Gasteiger partial charge in [-0.15, -0.1) is 11.3 Å². The molecule has 37 heavy (non-hydrogen) atoms. The van der Waals surface area contributed by atoms with Gasteiger partial charge in [0.05, 0.1) is 11.4 Å². The van der Waals surface area contributed by atoms with Crippen molar-refractivity contribution in [2.75, 3.05) is 5.73 Å². The molecule has 6 rings (SSSR count). The zero-order chi connectivity index (χ0) is 25.4. The summed E-state index contributed by atoms with van der Waals surface area (Å²) >= 11 is 1.66. The van der Waals surface area contributed by atoms with E-state index in [-0.39, 0.29) is 0 Å². The molecule has 0 amide bonds. The number of thiophene rings is 1. The van der Waals surface area contributed by atoms with Gasteiger partial charge in [0.25, 0.3) is 0 Å². The summed E-state index contributed by atoms with van der Waals surface area (Å²) < 4.78 is 28.0. The molecule has 0 unspecified atom stereocenters. The Morgan fingerprint density at radius 3 is 2.54 bits per heavy atom. The third-order valence-corrected chi connectivity index (χ3v) is 7.55. The number of ether oxygens (including phenoxy) is 2. The number of fused-ring (bicyclic) bond motifs is 1. The highest BCUT2D eigenvalue weighted by Crippen LogP contribution is 2.37. The van der Waals surface area contributed by atoms with Crippen molar-refractivity contribution < 1.29 is 13.9 Å². The van der Waals surface area contributed by atoms with Gasteiger partial charge in [0, 0.05) is 33.5 Å². The van der Waals surface area contributed by atoms with E-state index >= 15 is 0 Å². The van der Waals surface area contributed by atoms with Gasteiger partial charge in [-0.2, -0.15) is 5.10 Å². The number of hydrogen-bond donors (Lipinski definition) is 1. The number of benzene rings is 2. The van der Waals surface area contributed by atoms with E-state index in [1.54, 1.807) is 17.4 Å². The first kappa shape index (κ1) is 23.4. The maximum Gasteiger partial charge on any atom is 0.164 e. The van der Waals surface area contributed by atoms with Crippen LogP contribution in [0.25, 0.3) is 22.3 Å². The van der Waals surface area contributed by atoms with Gasteiger partial charge in [-0.3, -0.25) is 0 Å². The van der Waals surface area contributed by atoms with Crippen molar-refractivity contribution in [3.05, 3.63) is 76.5 Å². The first-order valence-corrected chi connectivity index (χ1v) is 13.1. The lowest BCUT2D eigenvalue weighted by Gasteiger charge is -2.10. The number of nitrogens with two attached hydrogens (primary N) is 1. The van der Waals surface area contributed by atoms with E-state index in [4.69, 9.17) is 20.3 Å². The predicted octanol–water partition coefficient (Wildman–Crippen LogP) is 7.07. The highest BCUT2D eigenvalue weighted by Gasteiger charge is 2.24. The lowest BCUT2D eigenvalue weighted by Crippen LogP contribution is -2.07. The molecule has 1 saturated carbocycles. The van der Waals surface area contributed by atoms with Crippen molar-refractivity contribution in [2.24, 2.45) is 0 Å². The van der Waals surface area contributed by atoms with Gasteiger partial charge in [-0.05, 0) is 56.2 Å². The zero-order valence-electron chi connectivity index (χ0n) is 20.4. The Morgan fingerprint density at radius 1 is 1.00 bits per heavy atom. The SMILES string of the molecule is Cc1ccc(COc2cc(F)cc(Oc3ccc(-c4nn(C5CCCC5)c5ncnc(N)c45)cc3)c2)s1. The monoisotopic (exact) mass is 515 g/mol. The molecule has 0 bridgehead atoms. The molecule has 1 aliphatic rings. The Hall–Kier alpha value is -3.98. The smallest absolute Gasteiger partial charge is 0.164 e. The fraction of sp³-hybridized carbons (Fsp3) is 0.250. The average Bonchev–Trinajstić information content (AvgIpc) is 3.63. The van der Waals surface area contributed by atoms with Crippen LogP contribution in [0.15, 0.2) is 60.9 Å². The van der Waals surface area contributed by atoms with E-state index in [9.17, 15) is 4.39 Å². The lowest BCUT2D eigenvalue weighted by molar-refractivity contribution is 0.306. The Morgan fingerprint density at radius 2 is 1.78 bits per heavy atom. The molecule has 1 fully saturated rings. The molecule has 1 aliphatic carbocycles. The van der Waals surface area contributed by atoms with Crippen molar-refractivity contribution in [1.82, 2.24) is 19.7 Å². The molecule has 0 saturated heterocycles. The van der Waals surface area contributed by atoms with Gasteiger partial charge in [0.15, 0.2) is 5.65 Å². The Labute approximate surface area is 217 Å². The number of rotatable bonds is 7. The number of hydrogen-bond acceptors (Lipinski definition) is 7. The van der Waals surface area contributed by atoms with E-state index in [0.29, 0.717) is 35.7 Å². The van der Waals surface area contributed by atoms with Crippen molar-refractivity contribution in [1.29, 1.82) is 0 Å². The molecule has 2 N–H and O–H groups in total. The molecular weight excluding hydrogens is 489 g/mol. The number of aromatic nitrogens is 4. The second kappa shape index (κ2) is 9.82.